The van der Waals surface area contributed by atoms with Gasteiger partial charge in [-0.15, -0.1) is 0 Å². The summed E-state index contributed by atoms with van der Waals surface area (Å²) in [6.45, 7) is 0.608. The van der Waals surface area contributed by atoms with Crippen LogP contribution in [-0.4, -0.2) is 52.1 Å². The third-order valence-electron chi connectivity index (χ3n) is 6.34. The number of imidazole rings is 1. The predicted molar refractivity (Wildman–Crippen MR) is 149 cm³/mol. The first-order valence-corrected chi connectivity index (χ1v) is 13.2. The van der Waals surface area contributed by atoms with E-state index in [1.807, 2.05) is 18.2 Å². The number of aromatic nitrogens is 2. The lowest BCUT2D eigenvalue weighted by Gasteiger charge is -2.25. The standard InChI is InChI=1S/C29H25Cl2FN4O3/c30-21-10-6-19(7-11-21)26-17-36(24-4-1-3-22(31)15-24)29(33-26)34-27(37)18-35(16-25-5-2-14-39-25)28(38)20-8-12-23(32)13-9-20/h1,3-4,6-13,15,17,25H,2,5,14,16,18H2,(H,33,34,37)/t25-/m0/s1. The highest BCUT2D eigenvalue weighted by Crippen LogP contribution is 2.27. The summed E-state index contributed by atoms with van der Waals surface area (Å²) in [7, 11) is 0. The molecular weight excluding hydrogens is 542 g/mol. The van der Waals surface area contributed by atoms with Gasteiger partial charge in [0.05, 0.1) is 11.8 Å². The summed E-state index contributed by atoms with van der Waals surface area (Å²) in [5.74, 6) is -1.02. The monoisotopic (exact) mass is 566 g/mol. The zero-order valence-electron chi connectivity index (χ0n) is 20.8. The Morgan fingerprint density at radius 1 is 1.05 bits per heavy atom. The molecule has 200 valence electrons. The van der Waals surface area contributed by atoms with E-state index < -0.39 is 11.7 Å². The number of rotatable bonds is 8. The highest BCUT2D eigenvalue weighted by molar-refractivity contribution is 6.31. The third-order valence-corrected chi connectivity index (χ3v) is 6.83. The average Bonchev–Trinajstić information content (AvgIpc) is 3.59. The molecule has 39 heavy (non-hydrogen) atoms. The first-order chi connectivity index (χ1) is 18.9. The lowest BCUT2D eigenvalue weighted by Crippen LogP contribution is -2.42. The van der Waals surface area contributed by atoms with Crippen LogP contribution in [0.15, 0.2) is 79.0 Å². The van der Waals surface area contributed by atoms with E-state index in [9.17, 15) is 14.0 Å². The largest absolute Gasteiger partial charge is 0.376 e. The van der Waals surface area contributed by atoms with Gasteiger partial charge in [0, 0.05) is 46.2 Å². The smallest absolute Gasteiger partial charge is 0.254 e. The third kappa shape index (κ3) is 6.65. The summed E-state index contributed by atoms with van der Waals surface area (Å²) in [5.41, 5.74) is 2.40. The molecule has 0 unspecified atom stereocenters. The molecule has 3 aromatic carbocycles. The molecule has 0 spiro atoms. The van der Waals surface area contributed by atoms with Crippen molar-refractivity contribution in [1.82, 2.24) is 14.5 Å². The van der Waals surface area contributed by atoms with Crippen molar-refractivity contribution < 1.29 is 18.7 Å². The number of halogens is 3. The summed E-state index contributed by atoms with van der Waals surface area (Å²) >= 11 is 12.3. The first-order valence-electron chi connectivity index (χ1n) is 12.4. The van der Waals surface area contributed by atoms with E-state index in [0.717, 1.165) is 18.4 Å². The van der Waals surface area contributed by atoms with Crippen LogP contribution in [0.1, 0.15) is 23.2 Å². The minimum atomic E-state index is -0.445. The SMILES string of the molecule is O=C(CN(C[C@@H]1CCCO1)C(=O)c1ccc(F)cc1)Nc1nc(-c2ccc(Cl)cc2)cn1-c1cccc(Cl)c1. The van der Waals surface area contributed by atoms with Gasteiger partial charge in [0.15, 0.2) is 0 Å². The van der Waals surface area contributed by atoms with Gasteiger partial charge in [0.1, 0.15) is 12.4 Å². The second kappa shape index (κ2) is 12.0. The number of ether oxygens (including phenoxy) is 1. The quantitative estimate of drug-likeness (QED) is 0.273. The van der Waals surface area contributed by atoms with Crippen molar-refractivity contribution in [3.8, 4) is 16.9 Å². The number of carbonyl (C=O) groups excluding carboxylic acids is 2. The fourth-order valence-electron chi connectivity index (χ4n) is 4.42. The van der Waals surface area contributed by atoms with E-state index >= 15 is 0 Å². The van der Waals surface area contributed by atoms with Gasteiger partial charge in [-0.1, -0.05) is 41.4 Å². The first kappa shape index (κ1) is 26.9. The molecule has 4 aromatic rings. The van der Waals surface area contributed by atoms with Crippen LogP contribution < -0.4 is 5.32 Å². The zero-order chi connectivity index (χ0) is 27.4. The molecule has 2 amide bonds. The molecule has 0 saturated carbocycles. The van der Waals surface area contributed by atoms with Crippen LogP contribution >= 0.6 is 23.2 Å². The van der Waals surface area contributed by atoms with Crippen molar-refractivity contribution in [3.05, 3.63) is 100 Å². The Balaban J connectivity index is 1.41. The number of hydrogen-bond donors (Lipinski definition) is 1. The molecule has 1 fully saturated rings. The Morgan fingerprint density at radius 3 is 2.51 bits per heavy atom. The molecule has 1 N–H and O–H groups in total. The molecule has 0 bridgehead atoms. The molecule has 7 nitrogen and oxygen atoms in total. The molecule has 1 aliphatic heterocycles. The fraction of sp³-hybridized carbons (Fsp3) is 0.207. The van der Waals surface area contributed by atoms with Crippen LogP contribution in [0, 0.1) is 5.82 Å². The zero-order valence-corrected chi connectivity index (χ0v) is 22.3. The van der Waals surface area contributed by atoms with Gasteiger partial charge in [0.2, 0.25) is 11.9 Å². The molecule has 1 aromatic heterocycles. The van der Waals surface area contributed by atoms with Gasteiger partial charge in [-0.25, -0.2) is 9.37 Å². The minimum absolute atomic E-state index is 0.174. The molecule has 1 saturated heterocycles. The number of carbonyl (C=O) groups is 2. The maximum atomic E-state index is 13.4. The van der Waals surface area contributed by atoms with Crippen LogP contribution in [0.5, 0.6) is 0 Å². The molecule has 5 rings (SSSR count). The topological polar surface area (TPSA) is 76.5 Å². The van der Waals surface area contributed by atoms with E-state index in [1.54, 1.807) is 41.1 Å². The summed E-state index contributed by atoms with van der Waals surface area (Å²) < 4.78 is 20.9. The number of nitrogens with zero attached hydrogens (tertiary/aromatic N) is 3. The maximum Gasteiger partial charge on any atom is 0.254 e. The molecule has 10 heteroatoms. The van der Waals surface area contributed by atoms with Gasteiger partial charge in [-0.05, 0) is 67.4 Å². The predicted octanol–water partition coefficient (Wildman–Crippen LogP) is 6.25. The lowest BCUT2D eigenvalue weighted by atomic mass is 10.1. The van der Waals surface area contributed by atoms with Crippen molar-refractivity contribution in [2.45, 2.75) is 18.9 Å². The molecular formula is C29H25Cl2FN4O3. The Morgan fingerprint density at radius 2 is 1.82 bits per heavy atom. The summed E-state index contributed by atoms with van der Waals surface area (Å²) in [6.07, 6.45) is 3.30. The van der Waals surface area contributed by atoms with Gasteiger partial charge in [-0.3, -0.25) is 19.5 Å². The van der Waals surface area contributed by atoms with Crippen LogP contribution in [0.4, 0.5) is 10.3 Å². The van der Waals surface area contributed by atoms with Crippen molar-refractivity contribution in [2.75, 3.05) is 25.0 Å². The molecule has 2 heterocycles. The highest BCUT2D eigenvalue weighted by atomic mass is 35.5. The molecule has 0 radical (unpaired) electrons. The van der Waals surface area contributed by atoms with Crippen molar-refractivity contribution in [3.63, 3.8) is 0 Å². The number of amides is 2. The van der Waals surface area contributed by atoms with E-state index in [0.29, 0.717) is 28.0 Å². The highest BCUT2D eigenvalue weighted by Gasteiger charge is 2.26. The Labute approximate surface area is 235 Å². The normalized spacial score (nSPS) is 14.8. The Bertz CT molecular complexity index is 1470. The van der Waals surface area contributed by atoms with E-state index in [-0.39, 0.29) is 36.6 Å². The van der Waals surface area contributed by atoms with E-state index in [2.05, 4.69) is 10.3 Å². The lowest BCUT2D eigenvalue weighted by molar-refractivity contribution is -0.117. The summed E-state index contributed by atoms with van der Waals surface area (Å²) in [6, 6.07) is 19.6. The number of anilines is 1. The van der Waals surface area contributed by atoms with Crippen LogP contribution in [0.3, 0.4) is 0 Å². The fourth-order valence-corrected chi connectivity index (χ4v) is 4.73. The minimum Gasteiger partial charge on any atom is -0.376 e. The molecule has 1 aliphatic rings. The van der Waals surface area contributed by atoms with E-state index in [4.69, 9.17) is 27.9 Å². The van der Waals surface area contributed by atoms with Crippen LogP contribution in [-0.2, 0) is 9.53 Å². The number of benzene rings is 3. The van der Waals surface area contributed by atoms with Crippen LogP contribution in [0.25, 0.3) is 16.9 Å². The van der Waals surface area contributed by atoms with Gasteiger partial charge < -0.3 is 9.64 Å². The molecule has 1 atom stereocenters. The average molecular weight is 567 g/mol. The molecule has 0 aliphatic carbocycles. The summed E-state index contributed by atoms with van der Waals surface area (Å²) in [4.78, 5) is 32.7. The summed E-state index contributed by atoms with van der Waals surface area (Å²) in [5, 5.41) is 3.97. The van der Waals surface area contributed by atoms with Gasteiger partial charge >= 0.3 is 0 Å². The Kier molecular flexibility index (Phi) is 8.26. The van der Waals surface area contributed by atoms with Crippen molar-refractivity contribution in [1.29, 1.82) is 0 Å². The number of nitrogens with one attached hydrogen (secondary N) is 1. The maximum absolute atomic E-state index is 13.4. The Hall–Kier alpha value is -3.72. The second-order valence-electron chi connectivity index (χ2n) is 9.18. The van der Waals surface area contributed by atoms with Crippen LogP contribution in [0.2, 0.25) is 10.0 Å². The van der Waals surface area contributed by atoms with Crippen molar-refractivity contribution >= 4 is 41.0 Å². The number of hydrogen-bond acceptors (Lipinski definition) is 4. The van der Waals surface area contributed by atoms with E-state index in [1.165, 1.54) is 29.2 Å². The second-order valence-corrected chi connectivity index (χ2v) is 10.1. The van der Waals surface area contributed by atoms with Gasteiger partial charge in [0.25, 0.3) is 5.91 Å². The van der Waals surface area contributed by atoms with Gasteiger partial charge in [-0.2, -0.15) is 0 Å². The van der Waals surface area contributed by atoms with Crippen molar-refractivity contribution in [2.24, 2.45) is 0 Å².